The van der Waals surface area contributed by atoms with Crippen molar-refractivity contribution >= 4 is 43.6 Å². The molecule has 3 heterocycles. The maximum Gasteiger partial charge on any atom is 0.172 e. The van der Waals surface area contributed by atoms with E-state index in [1.165, 1.54) is 16.2 Å². The molecule has 0 radical (unpaired) electrons. The van der Waals surface area contributed by atoms with Crippen LogP contribution in [0.1, 0.15) is 0 Å². The van der Waals surface area contributed by atoms with Crippen molar-refractivity contribution in [3.63, 3.8) is 0 Å². The van der Waals surface area contributed by atoms with Crippen LogP contribution < -0.4 is 9.47 Å². The molecule has 0 saturated heterocycles. The second-order valence-corrected chi connectivity index (χ2v) is 8.72. The van der Waals surface area contributed by atoms with E-state index in [0.717, 1.165) is 56.1 Å². The van der Waals surface area contributed by atoms with Crippen molar-refractivity contribution in [2.24, 2.45) is 0 Å². The van der Waals surface area contributed by atoms with Crippen LogP contribution in [0.15, 0.2) is 103 Å². The van der Waals surface area contributed by atoms with Crippen LogP contribution in [-0.2, 0) is 0 Å². The zero-order valence-corrected chi connectivity index (χ0v) is 18.1. The molecule has 1 aliphatic rings. The van der Waals surface area contributed by atoms with Gasteiger partial charge in [-0.25, -0.2) is 0 Å². The third-order valence-corrected chi connectivity index (χ3v) is 6.77. The summed E-state index contributed by atoms with van der Waals surface area (Å²) in [6, 6.07) is 35.5. The van der Waals surface area contributed by atoms with E-state index >= 15 is 0 Å². The molecular weight excluding hydrogens is 420 g/mol. The van der Waals surface area contributed by atoms with Crippen molar-refractivity contribution in [3.8, 4) is 28.7 Å². The van der Waals surface area contributed by atoms with Gasteiger partial charge in [0.2, 0.25) is 0 Å². The van der Waals surface area contributed by atoms with Gasteiger partial charge in [0, 0.05) is 44.3 Å². The van der Waals surface area contributed by atoms with Gasteiger partial charge < -0.3 is 19.0 Å². The molecule has 34 heavy (non-hydrogen) atoms. The molecule has 8 rings (SSSR count). The molecule has 5 aromatic carbocycles. The summed E-state index contributed by atoms with van der Waals surface area (Å²) in [4.78, 5) is 3.53. The quantitative estimate of drug-likeness (QED) is 0.280. The molecule has 160 valence electrons. The fourth-order valence-electron chi connectivity index (χ4n) is 5.24. The molecule has 1 N–H and O–H groups in total. The normalized spacial score (nSPS) is 12.6. The largest absolute Gasteiger partial charge is 0.449 e. The molecule has 2 aromatic heterocycles. The van der Waals surface area contributed by atoms with E-state index in [9.17, 15) is 0 Å². The molecule has 0 spiro atoms. The lowest BCUT2D eigenvalue weighted by Crippen LogP contribution is -1.99. The zero-order valence-electron chi connectivity index (χ0n) is 18.1. The van der Waals surface area contributed by atoms with Crippen molar-refractivity contribution in [1.82, 2.24) is 9.55 Å². The Labute approximate surface area is 194 Å². The molecular formula is C30H18N2O2. The lowest BCUT2D eigenvalue weighted by Gasteiger charge is -2.20. The molecule has 4 heteroatoms. The number of hydrogen-bond donors (Lipinski definition) is 1. The number of aromatic amines is 1. The van der Waals surface area contributed by atoms with E-state index < -0.39 is 0 Å². The highest BCUT2D eigenvalue weighted by molar-refractivity contribution is 6.12. The van der Waals surface area contributed by atoms with E-state index in [2.05, 4.69) is 88.4 Å². The van der Waals surface area contributed by atoms with Crippen LogP contribution in [0.3, 0.4) is 0 Å². The minimum absolute atomic E-state index is 0.725. The topological polar surface area (TPSA) is 39.2 Å². The summed E-state index contributed by atoms with van der Waals surface area (Å²) in [6.07, 6.45) is 0. The van der Waals surface area contributed by atoms with Crippen molar-refractivity contribution in [2.45, 2.75) is 0 Å². The number of benzene rings is 5. The molecule has 0 amide bonds. The highest BCUT2D eigenvalue weighted by atomic mass is 16.6. The number of nitrogens with one attached hydrogen (secondary N) is 1. The van der Waals surface area contributed by atoms with Crippen LogP contribution in [0.2, 0.25) is 0 Å². The monoisotopic (exact) mass is 438 g/mol. The standard InChI is InChI=1S/C30H18N2O2/c1-3-9-23-19(7-1)21-15-18(13-14-24(21)31-23)32-25-10-4-2-8-20(25)22-16-29-30(17-26(22)32)34-28-12-6-5-11-27(28)33-29/h1-17,31H. The van der Waals surface area contributed by atoms with Gasteiger partial charge in [0.05, 0.1) is 11.0 Å². The Bertz CT molecular complexity index is 1930. The van der Waals surface area contributed by atoms with Crippen molar-refractivity contribution in [2.75, 3.05) is 0 Å². The van der Waals surface area contributed by atoms with E-state index in [4.69, 9.17) is 9.47 Å². The first-order valence-corrected chi connectivity index (χ1v) is 11.4. The van der Waals surface area contributed by atoms with Crippen molar-refractivity contribution < 1.29 is 9.47 Å². The summed E-state index contributed by atoms with van der Waals surface area (Å²) >= 11 is 0. The van der Waals surface area contributed by atoms with Crippen LogP contribution >= 0.6 is 0 Å². The summed E-state index contributed by atoms with van der Waals surface area (Å²) in [5.41, 5.74) is 5.63. The summed E-state index contributed by atoms with van der Waals surface area (Å²) < 4.78 is 14.8. The Hall–Kier alpha value is -4.70. The molecule has 0 saturated carbocycles. The predicted octanol–water partition coefficient (Wildman–Crippen LogP) is 8.32. The lowest BCUT2D eigenvalue weighted by atomic mass is 10.1. The van der Waals surface area contributed by atoms with Gasteiger partial charge in [0.15, 0.2) is 23.0 Å². The molecule has 0 aliphatic carbocycles. The number of hydrogen-bond acceptors (Lipinski definition) is 2. The SMILES string of the molecule is c1ccc2c(c1)Oc1cc3c4ccccc4n(-c4ccc5[nH]c6ccccc6c5c4)c3cc1O2. The first-order valence-electron chi connectivity index (χ1n) is 11.4. The molecule has 0 atom stereocenters. The number of fused-ring (bicyclic) bond motifs is 8. The molecule has 1 aliphatic heterocycles. The first kappa shape index (κ1) is 17.8. The Morgan fingerprint density at radius 2 is 1.15 bits per heavy atom. The number of nitrogens with zero attached hydrogens (tertiary/aromatic N) is 1. The van der Waals surface area contributed by atoms with Crippen LogP contribution in [0.5, 0.6) is 23.0 Å². The van der Waals surface area contributed by atoms with Gasteiger partial charge in [-0.05, 0) is 48.5 Å². The molecule has 4 nitrogen and oxygen atoms in total. The van der Waals surface area contributed by atoms with Crippen LogP contribution in [-0.4, -0.2) is 9.55 Å². The van der Waals surface area contributed by atoms with Crippen molar-refractivity contribution in [1.29, 1.82) is 0 Å². The maximum atomic E-state index is 6.24. The molecule has 0 unspecified atom stereocenters. The van der Waals surface area contributed by atoms with Gasteiger partial charge in [-0.2, -0.15) is 0 Å². The highest BCUT2D eigenvalue weighted by Crippen LogP contribution is 2.48. The molecule has 0 bridgehead atoms. The third kappa shape index (κ3) is 2.37. The number of H-pyrrole nitrogens is 1. The number of para-hydroxylation sites is 4. The summed E-state index contributed by atoms with van der Waals surface area (Å²) in [5, 5.41) is 4.76. The van der Waals surface area contributed by atoms with Gasteiger partial charge in [-0.3, -0.25) is 0 Å². The number of ether oxygens (including phenoxy) is 2. The fourth-order valence-corrected chi connectivity index (χ4v) is 5.24. The van der Waals surface area contributed by atoms with Gasteiger partial charge in [0.25, 0.3) is 0 Å². The minimum Gasteiger partial charge on any atom is -0.449 e. The molecule has 0 fully saturated rings. The molecule has 7 aromatic rings. The Morgan fingerprint density at radius 3 is 2.00 bits per heavy atom. The second kappa shape index (κ2) is 6.42. The van der Waals surface area contributed by atoms with Gasteiger partial charge >= 0.3 is 0 Å². The smallest absolute Gasteiger partial charge is 0.172 e. The summed E-state index contributed by atoms with van der Waals surface area (Å²) in [5.74, 6) is 2.93. The van der Waals surface area contributed by atoms with Gasteiger partial charge in [0.1, 0.15) is 0 Å². The first-order chi connectivity index (χ1) is 16.8. The van der Waals surface area contributed by atoms with Crippen LogP contribution in [0, 0.1) is 0 Å². The number of rotatable bonds is 1. The summed E-state index contributed by atoms with van der Waals surface area (Å²) in [7, 11) is 0. The Balaban J connectivity index is 1.43. The highest BCUT2D eigenvalue weighted by Gasteiger charge is 2.22. The average Bonchev–Trinajstić information content (AvgIpc) is 3.41. The van der Waals surface area contributed by atoms with Crippen LogP contribution in [0.25, 0.3) is 49.3 Å². The fraction of sp³-hybridized carbons (Fsp3) is 0. The second-order valence-electron chi connectivity index (χ2n) is 8.72. The Morgan fingerprint density at radius 1 is 0.471 bits per heavy atom. The minimum atomic E-state index is 0.725. The van der Waals surface area contributed by atoms with E-state index in [-0.39, 0.29) is 0 Å². The number of aromatic nitrogens is 2. The predicted molar refractivity (Wildman–Crippen MR) is 137 cm³/mol. The van der Waals surface area contributed by atoms with E-state index in [1.54, 1.807) is 0 Å². The summed E-state index contributed by atoms with van der Waals surface area (Å²) in [6.45, 7) is 0. The average molecular weight is 438 g/mol. The van der Waals surface area contributed by atoms with Crippen molar-refractivity contribution in [3.05, 3.63) is 103 Å². The van der Waals surface area contributed by atoms with Gasteiger partial charge in [-0.1, -0.05) is 48.5 Å². The Kier molecular flexibility index (Phi) is 3.36. The zero-order chi connectivity index (χ0) is 22.2. The third-order valence-electron chi connectivity index (χ3n) is 6.77. The van der Waals surface area contributed by atoms with E-state index in [1.807, 2.05) is 24.3 Å². The lowest BCUT2D eigenvalue weighted by molar-refractivity contribution is 0.360. The van der Waals surface area contributed by atoms with E-state index in [0.29, 0.717) is 0 Å². The van der Waals surface area contributed by atoms with Crippen LogP contribution in [0.4, 0.5) is 0 Å². The van der Waals surface area contributed by atoms with Gasteiger partial charge in [-0.15, -0.1) is 0 Å². The maximum absolute atomic E-state index is 6.24.